The Morgan fingerprint density at radius 2 is 2.05 bits per heavy atom. The normalized spacial score (nSPS) is 12.9. The third-order valence-corrected chi connectivity index (χ3v) is 3.56. The highest BCUT2D eigenvalue weighted by molar-refractivity contribution is 6.00. The monoisotopic (exact) mass is 281 g/mol. The average Bonchev–Trinajstić information content (AvgIpc) is 2.87. The first-order chi connectivity index (χ1) is 10.2. The number of carbonyl (C=O) groups is 1. The molecule has 0 amide bonds. The number of nitriles is 1. The molecule has 0 bridgehead atoms. The number of Topliss-reactive ketones (excluding diaryl/α,β-unsaturated/α-hetero) is 1. The van der Waals surface area contributed by atoms with Gasteiger partial charge in [-0.2, -0.15) is 5.26 Å². The first kappa shape index (κ1) is 13.3. The van der Waals surface area contributed by atoms with E-state index in [4.69, 9.17) is 10.00 Å². The number of carbonyl (C=O) groups excluding carboxylic acids is 1. The topological polar surface area (TPSA) is 50.1 Å². The van der Waals surface area contributed by atoms with E-state index in [9.17, 15) is 9.18 Å². The van der Waals surface area contributed by atoms with Gasteiger partial charge in [0.15, 0.2) is 5.78 Å². The Morgan fingerprint density at radius 3 is 2.86 bits per heavy atom. The Balaban J connectivity index is 1.74. The predicted octanol–water partition coefficient (Wildman–Crippen LogP) is 3.41. The Morgan fingerprint density at radius 1 is 1.19 bits per heavy atom. The third-order valence-electron chi connectivity index (χ3n) is 3.56. The van der Waals surface area contributed by atoms with Gasteiger partial charge in [0.1, 0.15) is 24.2 Å². The van der Waals surface area contributed by atoms with Gasteiger partial charge >= 0.3 is 0 Å². The van der Waals surface area contributed by atoms with E-state index < -0.39 is 5.82 Å². The van der Waals surface area contributed by atoms with Crippen LogP contribution in [0.2, 0.25) is 0 Å². The fraction of sp³-hybridized carbons (Fsp3) is 0.176. The van der Waals surface area contributed by atoms with Gasteiger partial charge in [-0.25, -0.2) is 4.39 Å². The molecule has 4 heteroatoms. The van der Waals surface area contributed by atoms with E-state index in [2.05, 4.69) is 0 Å². The number of nitrogens with zero attached hydrogens (tertiary/aromatic N) is 1. The summed E-state index contributed by atoms with van der Waals surface area (Å²) in [6.45, 7) is 0.252. The van der Waals surface area contributed by atoms with Crippen molar-refractivity contribution in [2.24, 2.45) is 0 Å². The van der Waals surface area contributed by atoms with Crippen LogP contribution in [-0.4, -0.2) is 5.78 Å². The lowest BCUT2D eigenvalue weighted by atomic mass is 10.1. The Labute approximate surface area is 121 Å². The van der Waals surface area contributed by atoms with Crippen LogP contribution in [0.4, 0.5) is 4.39 Å². The minimum atomic E-state index is -0.530. The molecule has 1 aliphatic rings. The average molecular weight is 281 g/mol. The van der Waals surface area contributed by atoms with E-state index in [-0.39, 0.29) is 18.0 Å². The van der Waals surface area contributed by atoms with Gasteiger partial charge in [-0.05, 0) is 47.9 Å². The number of aryl methyl sites for hydroxylation is 1. The Bertz CT molecular complexity index is 762. The van der Waals surface area contributed by atoms with Gasteiger partial charge in [-0.3, -0.25) is 4.79 Å². The van der Waals surface area contributed by atoms with E-state index in [1.165, 1.54) is 12.1 Å². The second kappa shape index (κ2) is 5.37. The molecule has 0 saturated heterocycles. The molecular weight excluding hydrogens is 269 g/mol. The molecule has 0 spiro atoms. The van der Waals surface area contributed by atoms with Crippen molar-refractivity contribution in [1.82, 2.24) is 0 Å². The number of fused-ring (bicyclic) bond motifs is 1. The van der Waals surface area contributed by atoms with Gasteiger partial charge in [0.05, 0.1) is 5.56 Å². The van der Waals surface area contributed by atoms with E-state index in [1.807, 2.05) is 6.07 Å². The van der Waals surface area contributed by atoms with Crippen LogP contribution in [0.1, 0.15) is 33.5 Å². The summed E-state index contributed by atoms with van der Waals surface area (Å²) in [4.78, 5) is 11.6. The van der Waals surface area contributed by atoms with Crippen LogP contribution < -0.4 is 4.74 Å². The van der Waals surface area contributed by atoms with Gasteiger partial charge < -0.3 is 4.74 Å². The van der Waals surface area contributed by atoms with Crippen LogP contribution in [0.3, 0.4) is 0 Å². The molecule has 2 aromatic rings. The van der Waals surface area contributed by atoms with Crippen LogP contribution in [0.25, 0.3) is 0 Å². The summed E-state index contributed by atoms with van der Waals surface area (Å²) in [5.41, 5.74) is 2.52. The summed E-state index contributed by atoms with van der Waals surface area (Å²) in [5.74, 6) is 0.317. The second-order valence-corrected chi connectivity index (χ2v) is 4.96. The number of halogens is 1. The number of rotatable bonds is 3. The molecule has 0 unspecified atom stereocenters. The lowest BCUT2D eigenvalue weighted by molar-refractivity contribution is 0.0994. The molecular formula is C17H12FNO2. The summed E-state index contributed by atoms with van der Waals surface area (Å²) < 4.78 is 18.9. The van der Waals surface area contributed by atoms with Gasteiger partial charge in [-0.1, -0.05) is 6.07 Å². The summed E-state index contributed by atoms with van der Waals surface area (Å²) in [6, 6.07) is 11.5. The largest absolute Gasteiger partial charge is 0.489 e. The molecule has 1 aliphatic carbocycles. The quantitative estimate of drug-likeness (QED) is 0.866. The predicted molar refractivity (Wildman–Crippen MR) is 74.5 cm³/mol. The van der Waals surface area contributed by atoms with Crippen molar-refractivity contribution in [2.75, 3.05) is 0 Å². The Hall–Kier alpha value is -2.67. The Kier molecular flexibility index (Phi) is 3.41. The van der Waals surface area contributed by atoms with Gasteiger partial charge in [0, 0.05) is 12.0 Å². The highest BCUT2D eigenvalue weighted by atomic mass is 19.1. The number of hydrogen-bond donors (Lipinski definition) is 0. The smallest absolute Gasteiger partial charge is 0.163 e. The van der Waals surface area contributed by atoms with Gasteiger partial charge in [0.25, 0.3) is 0 Å². The molecule has 21 heavy (non-hydrogen) atoms. The standard InChI is InChI=1S/C17H12FNO2/c18-16-5-1-11(7-13(16)9-19)10-21-14-3-4-15-12(8-14)2-6-17(15)20/h1,3-5,7-8H,2,6,10H2. The third kappa shape index (κ3) is 2.63. The van der Waals surface area contributed by atoms with Gasteiger partial charge in [-0.15, -0.1) is 0 Å². The summed E-state index contributed by atoms with van der Waals surface area (Å²) in [5, 5.41) is 8.80. The molecule has 104 valence electrons. The molecule has 0 radical (unpaired) electrons. The van der Waals surface area contributed by atoms with Crippen molar-refractivity contribution in [1.29, 1.82) is 5.26 Å². The zero-order valence-electron chi connectivity index (χ0n) is 11.2. The summed E-state index contributed by atoms with van der Waals surface area (Å²) in [7, 11) is 0. The van der Waals surface area contributed by atoms with Gasteiger partial charge in [0.2, 0.25) is 0 Å². The zero-order valence-corrected chi connectivity index (χ0v) is 11.2. The number of ether oxygens (including phenoxy) is 1. The van der Waals surface area contributed by atoms with Crippen molar-refractivity contribution in [2.45, 2.75) is 19.4 Å². The second-order valence-electron chi connectivity index (χ2n) is 4.96. The van der Waals surface area contributed by atoms with Crippen LogP contribution in [-0.2, 0) is 13.0 Å². The minimum absolute atomic E-state index is 0.00986. The molecule has 3 nitrogen and oxygen atoms in total. The maximum absolute atomic E-state index is 13.2. The molecule has 0 atom stereocenters. The fourth-order valence-corrected chi connectivity index (χ4v) is 2.44. The molecule has 0 fully saturated rings. The van der Waals surface area contributed by atoms with Crippen molar-refractivity contribution < 1.29 is 13.9 Å². The van der Waals surface area contributed by atoms with Crippen LogP contribution >= 0.6 is 0 Å². The van der Waals surface area contributed by atoms with Crippen molar-refractivity contribution in [3.8, 4) is 11.8 Å². The lowest BCUT2D eigenvalue weighted by Crippen LogP contribution is -1.98. The van der Waals surface area contributed by atoms with E-state index in [1.54, 1.807) is 24.3 Å². The zero-order chi connectivity index (χ0) is 14.8. The highest BCUT2D eigenvalue weighted by Gasteiger charge is 2.19. The molecule has 0 aliphatic heterocycles. The van der Waals surface area contributed by atoms with E-state index >= 15 is 0 Å². The molecule has 0 aromatic heterocycles. The van der Waals surface area contributed by atoms with Crippen LogP contribution in [0, 0.1) is 17.1 Å². The van der Waals surface area contributed by atoms with Crippen LogP contribution in [0.15, 0.2) is 36.4 Å². The molecule has 0 N–H and O–H groups in total. The maximum Gasteiger partial charge on any atom is 0.163 e. The van der Waals surface area contributed by atoms with Crippen molar-refractivity contribution in [3.05, 3.63) is 64.5 Å². The molecule has 2 aromatic carbocycles. The molecule has 0 heterocycles. The van der Waals surface area contributed by atoms with Crippen molar-refractivity contribution >= 4 is 5.78 Å². The number of benzene rings is 2. The van der Waals surface area contributed by atoms with Crippen LogP contribution in [0.5, 0.6) is 5.75 Å². The minimum Gasteiger partial charge on any atom is -0.489 e. The summed E-state index contributed by atoms with van der Waals surface area (Å²) in [6.07, 6.45) is 1.31. The number of hydrogen-bond acceptors (Lipinski definition) is 3. The van der Waals surface area contributed by atoms with Crippen molar-refractivity contribution in [3.63, 3.8) is 0 Å². The molecule has 0 saturated carbocycles. The highest BCUT2D eigenvalue weighted by Crippen LogP contribution is 2.26. The fourth-order valence-electron chi connectivity index (χ4n) is 2.44. The maximum atomic E-state index is 13.2. The van der Waals surface area contributed by atoms with E-state index in [0.717, 1.165) is 23.1 Å². The van der Waals surface area contributed by atoms with E-state index in [0.29, 0.717) is 12.2 Å². The molecule has 3 rings (SSSR count). The first-order valence-electron chi connectivity index (χ1n) is 6.65. The number of ketones is 1. The SMILES string of the molecule is N#Cc1cc(COc2ccc3c(c2)CCC3=O)ccc1F. The first-order valence-corrected chi connectivity index (χ1v) is 6.65. The lowest BCUT2D eigenvalue weighted by Gasteiger charge is -2.08. The summed E-state index contributed by atoms with van der Waals surface area (Å²) >= 11 is 0.